The molecule has 0 saturated heterocycles. The van der Waals surface area contributed by atoms with Gasteiger partial charge in [0.15, 0.2) is 0 Å². The zero-order valence-corrected chi connectivity index (χ0v) is 11.0. The molecule has 1 aliphatic rings. The average molecular weight is 253 g/mol. The highest BCUT2D eigenvalue weighted by molar-refractivity contribution is 7.84. The van der Waals surface area contributed by atoms with Gasteiger partial charge in [-0.15, -0.1) is 0 Å². The fourth-order valence-corrected chi connectivity index (χ4v) is 3.96. The van der Waals surface area contributed by atoms with Crippen LogP contribution in [0.25, 0.3) is 0 Å². The number of rotatable bonds is 4. The van der Waals surface area contributed by atoms with E-state index in [1.165, 1.54) is 12.8 Å². The Hall–Kier alpha value is -1.03. The smallest absolute Gasteiger partial charge is 0.123 e. The van der Waals surface area contributed by atoms with Crippen LogP contribution >= 0.6 is 0 Å². The van der Waals surface area contributed by atoms with Crippen molar-refractivity contribution in [3.8, 4) is 5.75 Å². The van der Waals surface area contributed by atoms with Gasteiger partial charge in [-0.25, -0.2) is 0 Å². The summed E-state index contributed by atoms with van der Waals surface area (Å²) in [4.78, 5) is 0. The van der Waals surface area contributed by atoms with Crippen molar-refractivity contribution in [1.82, 2.24) is 0 Å². The Morgan fingerprint density at radius 3 is 2.76 bits per heavy atom. The molecule has 0 bridgehead atoms. The van der Waals surface area contributed by atoms with E-state index in [2.05, 4.69) is 0 Å². The van der Waals surface area contributed by atoms with E-state index in [0.717, 1.165) is 24.2 Å². The van der Waals surface area contributed by atoms with Crippen LogP contribution in [0.1, 0.15) is 31.2 Å². The van der Waals surface area contributed by atoms with Crippen LogP contribution in [-0.4, -0.2) is 16.6 Å². The largest absolute Gasteiger partial charge is 0.496 e. The van der Waals surface area contributed by atoms with E-state index in [-0.39, 0.29) is 0 Å². The molecule has 1 atom stereocenters. The van der Waals surface area contributed by atoms with Crippen LogP contribution in [0.15, 0.2) is 18.2 Å². The van der Waals surface area contributed by atoms with Crippen molar-refractivity contribution < 1.29 is 8.95 Å². The molecule has 1 aromatic carbocycles. The molecule has 2 rings (SSSR count). The number of methoxy groups -OCH3 is 1. The first-order valence-electron chi connectivity index (χ1n) is 6.00. The maximum absolute atomic E-state index is 12.2. The van der Waals surface area contributed by atoms with Gasteiger partial charge in [0.05, 0.1) is 12.9 Å². The molecule has 0 amide bonds. The average Bonchev–Trinajstić information content (AvgIpc) is 2.83. The molecule has 2 N–H and O–H groups in total. The Morgan fingerprint density at radius 2 is 2.12 bits per heavy atom. The summed E-state index contributed by atoms with van der Waals surface area (Å²) in [7, 11) is 0.830. The molecular weight excluding hydrogens is 234 g/mol. The van der Waals surface area contributed by atoms with E-state index < -0.39 is 10.8 Å². The van der Waals surface area contributed by atoms with Gasteiger partial charge in [0, 0.05) is 27.3 Å². The highest BCUT2D eigenvalue weighted by Gasteiger charge is 2.22. The molecule has 0 radical (unpaired) electrons. The molecule has 0 aliphatic heterocycles. The van der Waals surface area contributed by atoms with Crippen molar-refractivity contribution in [1.29, 1.82) is 0 Å². The molecule has 17 heavy (non-hydrogen) atoms. The predicted molar refractivity (Wildman–Crippen MR) is 71.5 cm³/mol. The van der Waals surface area contributed by atoms with E-state index in [0.29, 0.717) is 16.7 Å². The lowest BCUT2D eigenvalue weighted by Gasteiger charge is -2.12. The molecule has 1 fully saturated rings. The molecule has 0 spiro atoms. The summed E-state index contributed by atoms with van der Waals surface area (Å²) in [6, 6.07) is 5.52. The normalized spacial score (nSPS) is 18.2. The van der Waals surface area contributed by atoms with Crippen LogP contribution in [0, 0.1) is 0 Å². The fourth-order valence-electron chi connectivity index (χ4n) is 2.33. The fraction of sp³-hybridized carbons (Fsp3) is 0.538. The quantitative estimate of drug-likeness (QED) is 0.839. The minimum atomic E-state index is -0.802. The van der Waals surface area contributed by atoms with Crippen LogP contribution in [0.4, 0.5) is 5.69 Å². The second kappa shape index (κ2) is 5.54. The van der Waals surface area contributed by atoms with Crippen LogP contribution in [0.5, 0.6) is 5.75 Å². The summed E-state index contributed by atoms with van der Waals surface area (Å²) in [5.74, 6) is 1.34. The SMILES string of the molecule is COc1ccc(N)cc1CS(=O)C1CCCC1. The molecule has 94 valence electrons. The number of anilines is 1. The highest BCUT2D eigenvalue weighted by atomic mass is 32.2. The first kappa shape index (κ1) is 12.4. The second-order valence-corrected chi connectivity index (χ2v) is 6.22. The van der Waals surface area contributed by atoms with Gasteiger partial charge in [0.2, 0.25) is 0 Å². The number of hydrogen-bond acceptors (Lipinski definition) is 3. The molecular formula is C13H19NO2S. The summed E-state index contributed by atoms with van der Waals surface area (Å²) in [5, 5.41) is 0.362. The summed E-state index contributed by atoms with van der Waals surface area (Å²) < 4.78 is 17.5. The van der Waals surface area contributed by atoms with Crippen LogP contribution < -0.4 is 10.5 Å². The van der Waals surface area contributed by atoms with Crippen molar-refractivity contribution in [2.45, 2.75) is 36.7 Å². The van der Waals surface area contributed by atoms with E-state index in [1.54, 1.807) is 13.2 Å². The maximum Gasteiger partial charge on any atom is 0.123 e. The van der Waals surface area contributed by atoms with Crippen molar-refractivity contribution in [2.75, 3.05) is 12.8 Å². The van der Waals surface area contributed by atoms with Crippen molar-refractivity contribution in [3.63, 3.8) is 0 Å². The zero-order chi connectivity index (χ0) is 12.3. The minimum absolute atomic E-state index is 0.362. The Morgan fingerprint density at radius 1 is 1.41 bits per heavy atom. The van der Waals surface area contributed by atoms with Gasteiger partial charge < -0.3 is 10.5 Å². The molecule has 0 aromatic heterocycles. The van der Waals surface area contributed by atoms with E-state index in [9.17, 15) is 4.21 Å². The Bertz CT molecular complexity index is 414. The van der Waals surface area contributed by atoms with Gasteiger partial charge in [-0.2, -0.15) is 0 Å². The van der Waals surface area contributed by atoms with E-state index in [1.807, 2.05) is 12.1 Å². The van der Waals surface area contributed by atoms with Crippen molar-refractivity contribution in [3.05, 3.63) is 23.8 Å². The van der Waals surface area contributed by atoms with Crippen LogP contribution in [0.3, 0.4) is 0 Å². The van der Waals surface area contributed by atoms with E-state index >= 15 is 0 Å². The third-order valence-corrected chi connectivity index (χ3v) is 5.09. The standard InChI is InChI=1S/C13H19NO2S/c1-16-13-7-6-11(14)8-10(13)9-17(15)12-4-2-3-5-12/h6-8,12H,2-5,9,14H2,1H3. The molecule has 1 unspecified atom stereocenters. The Kier molecular flexibility index (Phi) is 4.05. The van der Waals surface area contributed by atoms with Crippen LogP contribution in [-0.2, 0) is 16.6 Å². The Balaban J connectivity index is 2.11. The first-order valence-corrected chi connectivity index (χ1v) is 7.38. The first-order chi connectivity index (χ1) is 8.20. The monoisotopic (exact) mass is 253 g/mol. The lowest BCUT2D eigenvalue weighted by atomic mass is 10.2. The molecule has 4 heteroatoms. The molecule has 1 saturated carbocycles. The molecule has 1 aromatic rings. The lowest BCUT2D eigenvalue weighted by molar-refractivity contribution is 0.411. The van der Waals surface area contributed by atoms with Gasteiger partial charge in [-0.3, -0.25) is 4.21 Å². The van der Waals surface area contributed by atoms with E-state index in [4.69, 9.17) is 10.5 Å². The molecule has 1 aliphatic carbocycles. The van der Waals surface area contributed by atoms with Crippen molar-refractivity contribution in [2.24, 2.45) is 0 Å². The number of benzene rings is 1. The van der Waals surface area contributed by atoms with Gasteiger partial charge >= 0.3 is 0 Å². The third kappa shape index (κ3) is 3.00. The lowest BCUT2D eigenvalue weighted by Crippen LogP contribution is -2.12. The van der Waals surface area contributed by atoms with Crippen molar-refractivity contribution >= 4 is 16.5 Å². The number of ether oxygens (including phenoxy) is 1. The second-order valence-electron chi connectivity index (χ2n) is 4.50. The molecule has 3 nitrogen and oxygen atoms in total. The minimum Gasteiger partial charge on any atom is -0.496 e. The summed E-state index contributed by atoms with van der Waals surface area (Å²) >= 11 is 0. The number of nitrogens with two attached hydrogens (primary N) is 1. The third-order valence-electron chi connectivity index (χ3n) is 3.28. The summed E-state index contributed by atoms with van der Waals surface area (Å²) in [5.41, 5.74) is 7.41. The van der Waals surface area contributed by atoms with Gasteiger partial charge in [0.1, 0.15) is 5.75 Å². The van der Waals surface area contributed by atoms with Gasteiger partial charge in [-0.1, -0.05) is 12.8 Å². The number of hydrogen-bond donors (Lipinski definition) is 1. The summed E-state index contributed by atoms with van der Waals surface area (Å²) in [6.07, 6.45) is 4.61. The van der Waals surface area contributed by atoms with Gasteiger partial charge in [-0.05, 0) is 31.0 Å². The predicted octanol–water partition coefficient (Wildman–Crippen LogP) is 2.47. The van der Waals surface area contributed by atoms with Gasteiger partial charge in [0.25, 0.3) is 0 Å². The topological polar surface area (TPSA) is 52.3 Å². The zero-order valence-electron chi connectivity index (χ0n) is 10.1. The highest BCUT2D eigenvalue weighted by Crippen LogP contribution is 2.28. The maximum atomic E-state index is 12.2. The number of nitrogen functional groups attached to an aromatic ring is 1. The molecule has 0 heterocycles. The van der Waals surface area contributed by atoms with Crippen LogP contribution in [0.2, 0.25) is 0 Å². The Labute approximate surface area is 105 Å². The summed E-state index contributed by atoms with van der Waals surface area (Å²) in [6.45, 7) is 0.